The largest absolute Gasteiger partial charge is 0.507 e. The molecule has 5 heteroatoms. The number of benzene rings is 1. The Hall–Kier alpha value is -2.04. The molecule has 0 spiro atoms. The lowest BCUT2D eigenvalue weighted by Gasteiger charge is -2.12. The van der Waals surface area contributed by atoms with Gasteiger partial charge in [-0.05, 0) is 12.8 Å². The Morgan fingerprint density at radius 2 is 1.24 bits per heavy atom. The minimum atomic E-state index is -0.616. The van der Waals surface area contributed by atoms with Crippen LogP contribution in [0.5, 0.6) is 17.2 Å². The van der Waals surface area contributed by atoms with Crippen LogP contribution >= 0.6 is 0 Å². The van der Waals surface area contributed by atoms with Crippen molar-refractivity contribution in [2.45, 2.75) is 52.4 Å². The third kappa shape index (κ3) is 3.97. The molecule has 0 radical (unpaired) electrons. The molecule has 0 aliphatic heterocycles. The molecule has 0 unspecified atom stereocenters. The fourth-order valence-electron chi connectivity index (χ4n) is 2.12. The highest BCUT2D eigenvalue weighted by Crippen LogP contribution is 2.39. The van der Waals surface area contributed by atoms with Crippen molar-refractivity contribution in [3.05, 3.63) is 17.2 Å². The van der Waals surface area contributed by atoms with E-state index in [1.165, 1.54) is 0 Å². The summed E-state index contributed by atoms with van der Waals surface area (Å²) >= 11 is 0. The second kappa shape index (κ2) is 7.67. The fourth-order valence-corrected chi connectivity index (χ4v) is 2.12. The van der Waals surface area contributed by atoms with Crippen LogP contribution in [0, 0.1) is 0 Å². The van der Waals surface area contributed by atoms with Crippen LogP contribution in [0.2, 0.25) is 0 Å². The molecule has 5 nitrogen and oxygen atoms in total. The van der Waals surface area contributed by atoms with Crippen LogP contribution in [0.15, 0.2) is 6.07 Å². The molecule has 1 aromatic rings. The molecular weight excluding hydrogens is 272 g/mol. The minimum Gasteiger partial charge on any atom is -0.507 e. The van der Waals surface area contributed by atoms with Gasteiger partial charge in [0.05, 0.1) is 0 Å². The van der Waals surface area contributed by atoms with E-state index >= 15 is 0 Å². The van der Waals surface area contributed by atoms with Crippen molar-refractivity contribution in [1.29, 1.82) is 0 Å². The first kappa shape index (κ1) is 17.0. The summed E-state index contributed by atoms with van der Waals surface area (Å²) in [7, 11) is 0. The molecule has 0 aliphatic rings. The lowest BCUT2D eigenvalue weighted by Crippen LogP contribution is -2.06. The predicted octanol–water partition coefficient (Wildman–Crippen LogP) is 3.55. The number of carbonyl (C=O) groups excluding carboxylic acids is 2. The molecule has 0 aliphatic carbocycles. The second-order valence-electron chi connectivity index (χ2n) is 5.07. The molecule has 116 valence electrons. The van der Waals surface area contributed by atoms with Gasteiger partial charge in [-0.3, -0.25) is 9.59 Å². The Kier molecular flexibility index (Phi) is 6.21. The smallest absolute Gasteiger partial charge is 0.170 e. The number of unbranched alkanes of at least 4 members (excludes halogenated alkanes) is 2. The summed E-state index contributed by atoms with van der Waals surface area (Å²) < 4.78 is 0. The van der Waals surface area contributed by atoms with Crippen molar-refractivity contribution in [2.75, 3.05) is 0 Å². The van der Waals surface area contributed by atoms with E-state index in [0.717, 1.165) is 18.9 Å². The Morgan fingerprint density at radius 3 is 1.57 bits per heavy atom. The summed E-state index contributed by atoms with van der Waals surface area (Å²) in [5, 5.41) is 29.7. The highest BCUT2D eigenvalue weighted by atomic mass is 16.3. The van der Waals surface area contributed by atoms with E-state index in [1.54, 1.807) is 0 Å². The standard InChI is InChI=1S/C16H22O5/c1-3-5-7-10(17)14-12(19)9-13(20)15(16(14)21)11(18)8-6-4-2/h9,19-21H,3-8H2,1-2H3. The highest BCUT2D eigenvalue weighted by Gasteiger charge is 2.25. The molecule has 0 aromatic heterocycles. The van der Waals surface area contributed by atoms with Crippen LogP contribution in [0.3, 0.4) is 0 Å². The summed E-state index contributed by atoms with van der Waals surface area (Å²) in [6, 6.07) is 0.943. The lowest BCUT2D eigenvalue weighted by molar-refractivity contribution is 0.0972. The zero-order chi connectivity index (χ0) is 16.0. The van der Waals surface area contributed by atoms with Gasteiger partial charge >= 0.3 is 0 Å². The van der Waals surface area contributed by atoms with Gasteiger partial charge in [-0.25, -0.2) is 0 Å². The van der Waals surface area contributed by atoms with Crippen molar-refractivity contribution >= 4 is 11.6 Å². The molecule has 3 N–H and O–H groups in total. The number of rotatable bonds is 8. The molecule has 21 heavy (non-hydrogen) atoms. The minimum absolute atomic E-state index is 0.172. The molecule has 0 fully saturated rings. The van der Waals surface area contributed by atoms with Gasteiger partial charge in [-0.1, -0.05) is 26.7 Å². The van der Waals surface area contributed by atoms with Crippen molar-refractivity contribution in [3.8, 4) is 17.2 Å². The zero-order valence-corrected chi connectivity index (χ0v) is 12.5. The molecule has 0 atom stereocenters. The molecular formula is C16H22O5. The fraction of sp³-hybridized carbons (Fsp3) is 0.500. The maximum atomic E-state index is 12.0. The van der Waals surface area contributed by atoms with E-state index in [1.807, 2.05) is 13.8 Å². The average molecular weight is 294 g/mol. The van der Waals surface area contributed by atoms with Gasteiger partial charge in [0.1, 0.15) is 28.4 Å². The first-order valence-corrected chi connectivity index (χ1v) is 7.28. The summed E-state index contributed by atoms with van der Waals surface area (Å²) in [6.07, 6.45) is 3.19. The van der Waals surface area contributed by atoms with Crippen LogP contribution in [-0.4, -0.2) is 26.9 Å². The quantitative estimate of drug-likeness (QED) is 0.637. The van der Waals surface area contributed by atoms with Crippen molar-refractivity contribution in [1.82, 2.24) is 0 Å². The van der Waals surface area contributed by atoms with E-state index in [9.17, 15) is 24.9 Å². The summed E-state index contributed by atoms with van der Waals surface area (Å²) in [5.74, 6) is -2.49. The number of hydrogen-bond acceptors (Lipinski definition) is 5. The number of phenols is 3. The topological polar surface area (TPSA) is 94.8 Å². The van der Waals surface area contributed by atoms with Crippen LogP contribution in [-0.2, 0) is 0 Å². The maximum absolute atomic E-state index is 12.0. The number of hydrogen-bond donors (Lipinski definition) is 3. The van der Waals surface area contributed by atoms with E-state index in [4.69, 9.17) is 0 Å². The van der Waals surface area contributed by atoms with Gasteiger partial charge in [0, 0.05) is 18.9 Å². The first-order chi connectivity index (χ1) is 9.93. The Morgan fingerprint density at radius 1 is 0.857 bits per heavy atom. The van der Waals surface area contributed by atoms with Crippen molar-refractivity contribution in [2.24, 2.45) is 0 Å². The predicted molar refractivity (Wildman–Crippen MR) is 79.1 cm³/mol. The normalized spacial score (nSPS) is 10.6. The highest BCUT2D eigenvalue weighted by molar-refractivity contribution is 6.08. The average Bonchev–Trinajstić information content (AvgIpc) is 2.42. The van der Waals surface area contributed by atoms with E-state index in [2.05, 4.69) is 0 Å². The van der Waals surface area contributed by atoms with Gasteiger partial charge in [0.2, 0.25) is 0 Å². The second-order valence-corrected chi connectivity index (χ2v) is 5.07. The van der Waals surface area contributed by atoms with Crippen LogP contribution in [0.4, 0.5) is 0 Å². The number of ketones is 2. The van der Waals surface area contributed by atoms with Gasteiger partial charge in [0.25, 0.3) is 0 Å². The zero-order valence-electron chi connectivity index (χ0n) is 12.5. The maximum Gasteiger partial charge on any atom is 0.170 e. The molecule has 0 saturated heterocycles. The van der Waals surface area contributed by atoms with Crippen molar-refractivity contribution < 1.29 is 24.9 Å². The van der Waals surface area contributed by atoms with Crippen molar-refractivity contribution in [3.63, 3.8) is 0 Å². The summed E-state index contributed by atoms with van der Waals surface area (Å²) in [5.41, 5.74) is -0.554. The van der Waals surface area contributed by atoms with E-state index in [-0.39, 0.29) is 24.0 Å². The molecule has 0 saturated carbocycles. The van der Waals surface area contributed by atoms with Gasteiger partial charge in [-0.15, -0.1) is 0 Å². The first-order valence-electron chi connectivity index (χ1n) is 7.28. The molecule has 1 rings (SSSR count). The molecule has 0 bridgehead atoms. The molecule has 0 heterocycles. The molecule has 1 aromatic carbocycles. The van der Waals surface area contributed by atoms with Crippen LogP contribution in [0.1, 0.15) is 73.1 Å². The summed E-state index contributed by atoms with van der Waals surface area (Å²) in [4.78, 5) is 24.1. The number of Topliss-reactive ketones (excluding diaryl/α,β-unsaturated/α-hetero) is 2. The van der Waals surface area contributed by atoms with Gasteiger partial charge < -0.3 is 15.3 Å². The van der Waals surface area contributed by atoms with Crippen LogP contribution in [0.25, 0.3) is 0 Å². The number of phenolic OH excluding ortho intramolecular Hbond substituents is 3. The monoisotopic (exact) mass is 294 g/mol. The Balaban J connectivity index is 3.22. The SMILES string of the molecule is CCCCC(=O)c1c(O)cc(O)c(C(=O)CCCC)c1O. The third-order valence-electron chi connectivity index (χ3n) is 3.33. The van der Waals surface area contributed by atoms with Gasteiger partial charge in [0.15, 0.2) is 11.6 Å². The Labute approximate surface area is 124 Å². The number of carbonyl (C=O) groups is 2. The van der Waals surface area contributed by atoms with Gasteiger partial charge in [-0.2, -0.15) is 0 Å². The van der Waals surface area contributed by atoms with E-state index in [0.29, 0.717) is 12.8 Å². The lowest BCUT2D eigenvalue weighted by atomic mass is 9.96. The number of aromatic hydroxyl groups is 3. The molecule has 0 amide bonds. The Bertz CT molecular complexity index is 490. The summed E-state index contributed by atoms with van der Waals surface area (Å²) in [6.45, 7) is 3.84. The third-order valence-corrected chi connectivity index (χ3v) is 3.33. The van der Waals surface area contributed by atoms with E-state index < -0.39 is 28.8 Å². The van der Waals surface area contributed by atoms with Crippen LogP contribution < -0.4 is 0 Å².